The molecule has 1 aliphatic heterocycles. The van der Waals surface area contributed by atoms with E-state index in [1.807, 2.05) is 12.1 Å². The molecule has 0 aromatic heterocycles. The third kappa shape index (κ3) is 2.61. The highest BCUT2D eigenvalue weighted by Gasteiger charge is 2.36. The summed E-state index contributed by atoms with van der Waals surface area (Å²) in [6.07, 6.45) is 4.77. The van der Waals surface area contributed by atoms with Gasteiger partial charge in [-0.3, -0.25) is 0 Å². The van der Waals surface area contributed by atoms with Gasteiger partial charge in [-0.2, -0.15) is 0 Å². The smallest absolute Gasteiger partial charge is 0.167 e. The molecular formula is C16H22ClNO2. The van der Waals surface area contributed by atoms with Crippen LogP contribution in [-0.2, 0) is 5.54 Å². The molecule has 0 spiro atoms. The van der Waals surface area contributed by atoms with Crippen LogP contribution >= 0.6 is 11.6 Å². The molecule has 1 heterocycles. The minimum absolute atomic E-state index is 0.121. The van der Waals surface area contributed by atoms with Gasteiger partial charge in [0, 0.05) is 16.1 Å². The molecule has 2 aliphatic rings. The predicted octanol–water partition coefficient (Wildman–Crippen LogP) is 3.74. The lowest BCUT2D eigenvalue weighted by Gasteiger charge is -2.29. The van der Waals surface area contributed by atoms with Crippen molar-refractivity contribution in [3.05, 3.63) is 22.7 Å². The normalized spacial score (nSPS) is 25.8. The summed E-state index contributed by atoms with van der Waals surface area (Å²) < 4.78 is 11.6. The molecular weight excluding hydrogens is 274 g/mol. The topological polar surface area (TPSA) is 30.5 Å². The van der Waals surface area contributed by atoms with Crippen LogP contribution in [0, 0.1) is 5.92 Å². The monoisotopic (exact) mass is 295 g/mol. The van der Waals surface area contributed by atoms with E-state index in [-0.39, 0.29) is 5.54 Å². The Bertz CT molecular complexity index is 493. The van der Waals surface area contributed by atoms with E-state index in [0.29, 0.717) is 5.92 Å². The quantitative estimate of drug-likeness (QED) is 0.898. The lowest BCUT2D eigenvalue weighted by molar-refractivity contribution is 0.268. The molecule has 4 heteroatoms. The summed E-state index contributed by atoms with van der Waals surface area (Å²) >= 11 is 6.48. The van der Waals surface area contributed by atoms with Crippen molar-refractivity contribution in [2.75, 3.05) is 20.3 Å². The van der Waals surface area contributed by atoms with E-state index in [4.69, 9.17) is 21.1 Å². The first-order valence-electron chi connectivity index (χ1n) is 7.39. The van der Waals surface area contributed by atoms with Gasteiger partial charge in [0.05, 0.1) is 13.7 Å². The van der Waals surface area contributed by atoms with Gasteiger partial charge < -0.3 is 14.8 Å². The van der Waals surface area contributed by atoms with Crippen LogP contribution in [0.4, 0.5) is 0 Å². The fourth-order valence-corrected chi connectivity index (χ4v) is 3.31. The molecule has 3 rings (SSSR count). The first kappa shape index (κ1) is 14.0. The minimum atomic E-state index is -0.121. The van der Waals surface area contributed by atoms with Gasteiger partial charge in [-0.15, -0.1) is 0 Å². The zero-order valence-corrected chi connectivity index (χ0v) is 12.9. The number of halogens is 1. The van der Waals surface area contributed by atoms with Crippen LogP contribution in [0.25, 0.3) is 0 Å². The first-order valence-corrected chi connectivity index (χ1v) is 7.76. The number of hydrogen-bond acceptors (Lipinski definition) is 3. The number of nitrogens with one attached hydrogen (secondary N) is 1. The van der Waals surface area contributed by atoms with Gasteiger partial charge in [-0.05, 0) is 57.2 Å². The van der Waals surface area contributed by atoms with Crippen molar-refractivity contribution in [3.8, 4) is 11.5 Å². The molecule has 110 valence electrons. The summed E-state index contributed by atoms with van der Waals surface area (Å²) in [5.41, 5.74) is 0.932. The highest BCUT2D eigenvalue weighted by molar-refractivity contribution is 6.31. The van der Waals surface area contributed by atoms with Gasteiger partial charge in [0.15, 0.2) is 11.5 Å². The molecule has 3 nitrogen and oxygen atoms in total. The molecule has 1 aliphatic carbocycles. The molecule has 1 atom stereocenters. The van der Waals surface area contributed by atoms with Crippen LogP contribution in [0.15, 0.2) is 12.1 Å². The van der Waals surface area contributed by atoms with E-state index in [2.05, 4.69) is 12.2 Å². The summed E-state index contributed by atoms with van der Waals surface area (Å²) in [5.74, 6) is 2.31. The van der Waals surface area contributed by atoms with Gasteiger partial charge in [0.2, 0.25) is 0 Å². The Morgan fingerprint density at radius 2 is 2.20 bits per heavy atom. The Hall–Kier alpha value is -0.930. The van der Waals surface area contributed by atoms with E-state index in [1.165, 1.54) is 12.8 Å². The Balaban J connectivity index is 1.99. The SMILES string of the molecule is COc1ccc(Cl)c(C2(C)CCCN2)c1OCC1CC1. The average Bonchev–Trinajstić information content (AvgIpc) is 3.17. The van der Waals surface area contributed by atoms with Gasteiger partial charge in [-0.1, -0.05) is 11.6 Å². The van der Waals surface area contributed by atoms with Crippen molar-refractivity contribution in [2.24, 2.45) is 5.92 Å². The molecule has 0 amide bonds. The van der Waals surface area contributed by atoms with Crippen molar-refractivity contribution in [3.63, 3.8) is 0 Å². The lowest BCUT2D eigenvalue weighted by atomic mass is 9.89. The standard InChI is InChI=1S/C16H22ClNO2/c1-16(8-3-9-18-16)14-12(17)6-7-13(19-2)15(14)20-10-11-4-5-11/h6-7,11,18H,3-5,8-10H2,1-2H3. The fourth-order valence-electron chi connectivity index (χ4n) is 2.95. The molecule has 0 bridgehead atoms. The number of rotatable bonds is 5. The largest absolute Gasteiger partial charge is 0.493 e. The maximum atomic E-state index is 6.48. The van der Waals surface area contributed by atoms with Gasteiger partial charge >= 0.3 is 0 Å². The van der Waals surface area contributed by atoms with E-state index in [0.717, 1.165) is 48.1 Å². The van der Waals surface area contributed by atoms with Crippen LogP contribution in [-0.4, -0.2) is 20.3 Å². The van der Waals surface area contributed by atoms with E-state index >= 15 is 0 Å². The minimum Gasteiger partial charge on any atom is -0.493 e. The van der Waals surface area contributed by atoms with Gasteiger partial charge in [0.1, 0.15) is 0 Å². The number of ether oxygens (including phenoxy) is 2. The highest BCUT2D eigenvalue weighted by atomic mass is 35.5. The molecule has 0 radical (unpaired) electrons. The van der Waals surface area contributed by atoms with Crippen molar-refractivity contribution in [2.45, 2.75) is 38.1 Å². The van der Waals surface area contributed by atoms with Crippen LogP contribution in [0.3, 0.4) is 0 Å². The maximum absolute atomic E-state index is 6.48. The molecule has 1 aromatic carbocycles. The van der Waals surface area contributed by atoms with Crippen molar-refractivity contribution in [1.29, 1.82) is 0 Å². The third-order valence-electron chi connectivity index (χ3n) is 4.37. The van der Waals surface area contributed by atoms with E-state index in [1.54, 1.807) is 7.11 Å². The van der Waals surface area contributed by atoms with Crippen LogP contribution in [0.5, 0.6) is 11.5 Å². The second-order valence-electron chi connectivity index (χ2n) is 6.07. The Labute approximate surface area is 125 Å². The third-order valence-corrected chi connectivity index (χ3v) is 4.69. The van der Waals surface area contributed by atoms with Crippen molar-refractivity contribution < 1.29 is 9.47 Å². The molecule has 20 heavy (non-hydrogen) atoms. The molecule has 1 N–H and O–H groups in total. The highest BCUT2D eigenvalue weighted by Crippen LogP contribution is 2.46. The summed E-state index contributed by atoms with van der Waals surface area (Å²) in [6, 6.07) is 3.80. The Kier molecular flexibility index (Phi) is 3.83. The lowest BCUT2D eigenvalue weighted by Crippen LogP contribution is -2.34. The molecule has 1 saturated heterocycles. The summed E-state index contributed by atoms with van der Waals surface area (Å²) in [4.78, 5) is 0. The van der Waals surface area contributed by atoms with Gasteiger partial charge in [0.25, 0.3) is 0 Å². The van der Waals surface area contributed by atoms with Crippen molar-refractivity contribution >= 4 is 11.6 Å². The first-order chi connectivity index (χ1) is 9.64. The second kappa shape index (κ2) is 5.45. The zero-order chi connectivity index (χ0) is 14.2. The van der Waals surface area contributed by atoms with Crippen LogP contribution < -0.4 is 14.8 Å². The van der Waals surface area contributed by atoms with Crippen molar-refractivity contribution in [1.82, 2.24) is 5.32 Å². The van der Waals surface area contributed by atoms with Gasteiger partial charge in [-0.25, -0.2) is 0 Å². The summed E-state index contributed by atoms with van der Waals surface area (Å²) in [5, 5.41) is 4.32. The molecule has 2 fully saturated rings. The Morgan fingerprint density at radius 3 is 2.80 bits per heavy atom. The molecule has 1 unspecified atom stereocenters. The molecule has 1 aromatic rings. The van der Waals surface area contributed by atoms with Crippen LogP contribution in [0.2, 0.25) is 5.02 Å². The maximum Gasteiger partial charge on any atom is 0.167 e. The predicted molar refractivity (Wildman–Crippen MR) is 80.8 cm³/mol. The zero-order valence-electron chi connectivity index (χ0n) is 12.2. The number of benzene rings is 1. The van der Waals surface area contributed by atoms with Crippen LogP contribution in [0.1, 0.15) is 38.2 Å². The van der Waals surface area contributed by atoms with E-state index < -0.39 is 0 Å². The Morgan fingerprint density at radius 1 is 1.40 bits per heavy atom. The average molecular weight is 296 g/mol. The second-order valence-corrected chi connectivity index (χ2v) is 6.48. The molecule has 1 saturated carbocycles. The summed E-state index contributed by atoms with van der Waals surface area (Å²) in [6.45, 7) is 3.98. The number of methoxy groups -OCH3 is 1. The fraction of sp³-hybridized carbons (Fsp3) is 0.625. The summed E-state index contributed by atoms with van der Waals surface area (Å²) in [7, 11) is 1.68. The number of hydrogen-bond donors (Lipinski definition) is 1. The van der Waals surface area contributed by atoms with E-state index in [9.17, 15) is 0 Å².